The van der Waals surface area contributed by atoms with E-state index >= 15 is 0 Å². The summed E-state index contributed by atoms with van der Waals surface area (Å²) in [5.41, 5.74) is 1.69. The average molecular weight is 398 g/mol. The van der Waals surface area contributed by atoms with Crippen LogP contribution in [0.2, 0.25) is 5.02 Å². The van der Waals surface area contributed by atoms with Crippen molar-refractivity contribution in [2.45, 2.75) is 51.1 Å². The van der Waals surface area contributed by atoms with Crippen LogP contribution in [-0.4, -0.2) is 27.7 Å². The fraction of sp³-hybridized carbons (Fsp3) is 0.409. The van der Waals surface area contributed by atoms with Crippen molar-refractivity contribution in [3.8, 4) is 0 Å². The highest BCUT2D eigenvalue weighted by molar-refractivity contribution is 6.30. The summed E-state index contributed by atoms with van der Waals surface area (Å²) in [5.74, 6) is 0.684. The zero-order valence-electron chi connectivity index (χ0n) is 15.7. The predicted octanol–water partition coefficient (Wildman–Crippen LogP) is 4.67. The first-order valence-corrected chi connectivity index (χ1v) is 10.3. The Kier molecular flexibility index (Phi) is 5.62. The van der Waals surface area contributed by atoms with E-state index in [9.17, 15) is 9.59 Å². The molecule has 0 bridgehead atoms. The van der Waals surface area contributed by atoms with Crippen LogP contribution in [0.4, 0.5) is 5.82 Å². The number of nitrogens with one attached hydrogen (secondary N) is 1. The number of hydrogen-bond acceptors (Lipinski definition) is 3. The highest BCUT2D eigenvalue weighted by Crippen LogP contribution is 2.32. The summed E-state index contributed by atoms with van der Waals surface area (Å²) >= 11 is 5.89. The summed E-state index contributed by atoms with van der Waals surface area (Å²) in [6.45, 7) is 0.480. The molecule has 0 spiro atoms. The average Bonchev–Trinajstić information content (AvgIpc) is 3.05. The van der Waals surface area contributed by atoms with Crippen molar-refractivity contribution in [2.24, 2.45) is 5.92 Å². The van der Waals surface area contributed by atoms with Crippen LogP contribution in [-0.2, 0) is 11.3 Å². The molecule has 1 aliphatic heterocycles. The van der Waals surface area contributed by atoms with Gasteiger partial charge in [-0.15, -0.1) is 0 Å². The number of hydrogen-bond donors (Lipinski definition) is 1. The van der Waals surface area contributed by atoms with E-state index in [1.807, 2.05) is 24.3 Å². The van der Waals surface area contributed by atoms with Gasteiger partial charge >= 0.3 is 0 Å². The van der Waals surface area contributed by atoms with Crippen LogP contribution in [0.3, 0.4) is 0 Å². The number of anilines is 1. The van der Waals surface area contributed by atoms with Crippen LogP contribution < -0.4 is 5.32 Å². The van der Waals surface area contributed by atoms with Crippen molar-refractivity contribution < 1.29 is 9.59 Å². The number of halogens is 1. The third-order valence-electron chi connectivity index (χ3n) is 5.79. The first kappa shape index (κ1) is 18.9. The standard InChI is InChI=1S/C22H24ClN3O2/c23-17-10-11-20(24-13-17)25-21(27)19(12-15-6-2-1-3-7-15)26-14-16-8-4-5-9-18(16)22(26)28/h4-5,8-11,13,15,19H,1-3,6-7,12,14H2,(H,24,25,27). The minimum Gasteiger partial charge on any atom is -0.322 e. The van der Waals surface area contributed by atoms with Crippen molar-refractivity contribution >= 4 is 29.2 Å². The first-order chi connectivity index (χ1) is 13.6. The smallest absolute Gasteiger partial charge is 0.255 e. The molecule has 2 aromatic rings. The number of amides is 2. The Morgan fingerprint density at radius 1 is 1.18 bits per heavy atom. The Bertz CT molecular complexity index is 862. The molecule has 28 heavy (non-hydrogen) atoms. The van der Waals surface area contributed by atoms with Crippen molar-refractivity contribution in [3.05, 3.63) is 58.7 Å². The number of rotatable bonds is 5. The number of carbonyl (C=O) groups is 2. The molecule has 1 atom stereocenters. The lowest BCUT2D eigenvalue weighted by atomic mass is 9.84. The second kappa shape index (κ2) is 8.31. The van der Waals surface area contributed by atoms with Gasteiger partial charge in [-0.25, -0.2) is 4.98 Å². The van der Waals surface area contributed by atoms with Gasteiger partial charge in [0.1, 0.15) is 11.9 Å². The Morgan fingerprint density at radius 3 is 2.68 bits per heavy atom. The zero-order chi connectivity index (χ0) is 19.5. The normalized spacial score (nSPS) is 18.0. The summed E-state index contributed by atoms with van der Waals surface area (Å²) in [4.78, 5) is 32.1. The molecule has 1 aliphatic carbocycles. The fourth-order valence-electron chi connectivity index (χ4n) is 4.30. The minimum absolute atomic E-state index is 0.0596. The molecule has 2 amide bonds. The molecule has 1 unspecified atom stereocenters. The van der Waals surface area contributed by atoms with Gasteiger partial charge in [0.15, 0.2) is 0 Å². The number of pyridine rings is 1. The molecule has 1 saturated carbocycles. The van der Waals surface area contributed by atoms with E-state index in [2.05, 4.69) is 10.3 Å². The highest BCUT2D eigenvalue weighted by Gasteiger charge is 2.37. The number of aromatic nitrogens is 1. The largest absolute Gasteiger partial charge is 0.322 e. The van der Waals surface area contributed by atoms with Gasteiger partial charge in [0.2, 0.25) is 5.91 Å². The molecule has 1 N–H and O–H groups in total. The van der Waals surface area contributed by atoms with Crippen molar-refractivity contribution in [1.82, 2.24) is 9.88 Å². The summed E-state index contributed by atoms with van der Waals surface area (Å²) in [6, 6.07) is 10.5. The SMILES string of the molecule is O=C(Nc1ccc(Cl)cn1)C(CC1CCCCC1)N1Cc2ccccc2C1=O. The third-order valence-corrected chi connectivity index (χ3v) is 6.01. The van der Waals surface area contributed by atoms with Gasteiger partial charge in [-0.2, -0.15) is 0 Å². The maximum Gasteiger partial charge on any atom is 0.255 e. The maximum absolute atomic E-state index is 13.2. The lowest BCUT2D eigenvalue weighted by Gasteiger charge is -2.31. The molecule has 146 valence electrons. The minimum atomic E-state index is -0.500. The fourth-order valence-corrected chi connectivity index (χ4v) is 4.41. The van der Waals surface area contributed by atoms with E-state index in [4.69, 9.17) is 11.6 Å². The van der Waals surface area contributed by atoms with Crippen LogP contribution in [0.1, 0.15) is 54.4 Å². The topological polar surface area (TPSA) is 62.3 Å². The Labute approximate surface area is 170 Å². The van der Waals surface area contributed by atoms with Crippen molar-refractivity contribution in [2.75, 3.05) is 5.32 Å². The van der Waals surface area contributed by atoms with E-state index in [0.717, 1.165) is 18.4 Å². The molecule has 6 heteroatoms. The van der Waals surface area contributed by atoms with Gasteiger partial charge in [-0.1, -0.05) is 61.9 Å². The molecule has 0 radical (unpaired) electrons. The van der Waals surface area contributed by atoms with Crippen LogP contribution >= 0.6 is 11.6 Å². The van der Waals surface area contributed by atoms with E-state index in [1.165, 1.54) is 25.5 Å². The summed E-state index contributed by atoms with van der Waals surface area (Å²) < 4.78 is 0. The summed E-state index contributed by atoms with van der Waals surface area (Å²) in [7, 11) is 0. The molecule has 2 heterocycles. The third kappa shape index (κ3) is 4.04. The van der Waals surface area contributed by atoms with E-state index in [-0.39, 0.29) is 11.8 Å². The number of carbonyl (C=O) groups excluding carboxylic acids is 2. The number of nitrogens with zero attached hydrogens (tertiary/aromatic N) is 2. The van der Waals surface area contributed by atoms with Gasteiger partial charge < -0.3 is 10.2 Å². The van der Waals surface area contributed by atoms with Crippen LogP contribution in [0, 0.1) is 5.92 Å². The van der Waals surface area contributed by atoms with Gasteiger partial charge in [0.25, 0.3) is 5.91 Å². The lowest BCUT2D eigenvalue weighted by molar-refractivity contribution is -0.121. The Hall–Kier alpha value is -2.40. The van der Waals surface area contributed by atoms with Gasteiger partial charge in [0, 0.05) is 18.3 Å². The highest BCUT2D eigenvalue weighted by atomic mass is 35.5. The van der Waals surface area contributed by atoms with Crippen LogP contribution in [0.15, 0.2) is 42.6 Å². The second-order valence-corrected chi connectivity index (χ2v) is 8.13. The van der Waals surface area contributed by atoms with Crippen LogP contribution in [0.5, 0.6) is 0 Å². The molecular formula is C22H24ClN3O2. The van der Waals surface area contributed by atoms with Gasteiger partial charge in [0.05, 0.1) is 5.02 Å². The van der Waals surface area contributed by atoms with Crippen molar-refractivity contribution in [1.29, 1.82) is 0 Å². The van der Waals surface area contributed by atoms with Crippen molar-refractivity contribution in [3.63, 3.8) is 0 Å². The Morgan fingerprint density at radius 2 is 1.96 bits per heavy atom. The molecule has 4 rings (SSSR count). The Balaban J connectivity index is 1.55. The molecule has 0 saturated heterocycles. The van der Waals surface area contributed by atoms with E-state index < -0.39 is 6.04 Å². The molecule has 1 fully saturated rings. The monoisotopic (exact) mass is 397 g/mol. The summed E-state index contributed by atoms with van der Waals surface area (Å²) in [5, 5.41) is 3.40. The zero-order valence-corrected chi connectivity index (χ0v) is 16.5. The molecule has 1 aromatic carbocycles. The maximum atomic E-state index is 13.2. The molecular weight excluding hydrogens is 374 g/mol. The summed E-state index contributed by atoms with van der Waals surface area (Å²) in [6.07, 6.45) is 8.10. The number of benzene rings is 1. The second-order valence-electron chi connectivity index (χ2n) is 7.70. The van der Waals surface area contributed by atoms with E-state index in [1.54, 1.807) is 17.0 Å². The molecule has 1 aromatic heterocycles. The first-order valence-electron chi connectivity index (χ1n) is 9.93. The molecule has 5 nitrogen and oxygen atoms in total. The lowest BCUT2D eigenvalue weighted by Crippen LogP contribution is -2.45. The van der Waals surface area contributed by atoms with Crippen LogP contribution in [0.25, 0.3) is 0 Å². The quantitative estimate of drug-likeness (QED) is 0.797. The van der Waals surface area contributed by atoms with E-state index in [0.29, 0.717) is 35.3 Å². The predicted molar refractivity (Wildman–Crippen MR) is 109 cm³/mol. The van der Waals surface area contributed by atoms with Gasteiger partial charge in [-0.05, 0) is 36.1 Å². The molecule has 2 aliphatic rings. The number of fused-ring (bicyclic) bond motifs is 1. The van der Waals surface area contributed by atoms with Gasteiger partial charge in [-0.3, -0.25) is 9.59 Å².